The second-order valence-electron chi connectivity index (χ2n) is 8.16. The molecule has 0 saturated carbocycles. The van der Waals surface area contributed by atoms with Gasteiger partial charge in [-0.05, 0) is 24.0 Å². The van der Waals surface area contributed by atoms with Crippen molar-refractivity contribution in [1.29, 1.82) is 0 Å². The topological polar surface area (TPSA) is 42.6 Å². The Morgan fingerprint density at radius 3 is 2.62 bits per heavy atom. The number of nitrogens with one attached hydrogen (secondary N) is 1. The van der Waals surface area contributed by atoms with Gasteiger partial charge < -0.3 is 9.88 Å². The van der Waals surface area contributed by atoms with Gasteiger partial charge in [0.15, 0.2) is 0 Å². The molecule has 1 fully saturated rings. The average molecular weight is 354 g/mol. The molecule has 1 aromatic heterocycles. The zero-order chi connectivity index (χ0) is 18.1. The summed E-state index contributed by atoms with van der Waals surface area (Å²) in [6, 6.07) is 8.51. The van der Waals surface area contributed by atoms with Crippen molar-refractivity contribution in [3.63, 3.8) is 0 Å². The van der Waals surface area contributed by atoms with E-state index in [4.69, 9.17) is 0 Å². The molecule has 1 N–H and O–H groups in total. The number of carbonyl (C=O) groups excluding carboxylic acids is 1. The summed E-state index contributed by atoms with van der Waals surface area (Å²) in [6.45, 7) is 11.8. The highest BCUT2D eigenvalue weighted by Crippen LogP contribution is 2.27. The molecular formula is C21H30N4O. The Labute approximate surface area is 155 Å². The predicted octanol–water partition coefficient (Wildman–Crippen LogP) is 2.33. The van der Waals surface area contributed by atoms with Crippen LogP contribution in [0.25, 0.3) is 10.9 Å². The minimum atomic E-state index is 0.286. The molecule has 2 aromatic rings. The molecule has 0 aliphatic carbocycles. The summed E-state index contributed by atoms with van der Waals surface area (Å²) in [5.74, 6) is 0.977. The van der Waals surface area contributed by atoms with Crippen LogP contribution in [0, 0.1) is 5.92 Å². The summed E-state index contributed by atoms with van der Waals surface area (Å²) in [5, 5.41) is 1.34. The zero-order valence-corrected chi connectivity index (χ0v) is 16.0. The fourth-order valence-electron chi connectivity index (χ4n) is 4.37. The molecule has 1 amide bonds. The SMILES string of the molecule is CC(C)CN1CCN(C(=O)CN2CCc3c([nH]c4ccccc34)C2)CC1. The van der Waals surface area contributed by atoms with Crippen LogP contribution < -0.4 is 0 Å². The Hall–Kier alpha value is -1.85. The van der Waals surface area contributed by atoms with Crippen LogP contribution >= 0.6 is 0 Å². The standard InChI is InChI=1S/C21H30N4O/c1-16(2)13-23-9-11-25(12-10-23)21(26)15-24-8-7-18-17-5-3-4-6-19(17)22-20(18)14-24/h3-6,16,22H,7-15H2,1-2H3. The number of piperazine rings is 1. The molecule has 0 bridgehead atoms. The van der Waals surface area contributed by atoms with Gasteiger partial charge in [-0.15, -0.1) is 0 Å². The number of carbonyl (C=O) groups is 1. The van der Waals surface area contributed by atoms with Gasteiger partial charge in [-0.2, -0.15) is 0 Å². The lowest BCUT2D eigenvalue weighted by atomic mass is 10.0. The molecule has 140 valence electrons. The highest BCUT2D eigenvalue weighted by atomic mass is 16.2. The van der Waals surface area contributed by atoms with Crippen molar-refractivity contribution in [2.75, 3.05) is 45.8 Å². The van der Waals surface area contributed by atoms with Crippen molar-refractivity contribution in [2.24, 2.45) is 5.92 Å². The molecule has 26 heavy (non-hydrogen) atoms. The smallest absolute Gasteiger partial charge is 0.236 e. The second kappa shape index (κ2) is 7.41. The van der Waals surface area contributed by atoms with Gasteiger partial charge in [0.25, 0.3) is 0 Å². The fourth-order valence-corrected chi connectivity index (χ4v) is 4.37. The van der Waals surface area contributed by atoms with E-state index in [9.17, 15) is 4.79 Å². The molecule has 2 aliphatic rings. The van der Waals surface area contributed by atoms with Gasteiger partial charge in [0, 0.05) is 62.4 Å². The third kappa shape index (κ3) is 3.64. The number of H-pyrrole nitrogens is 1. The minimum absolute atomic E-state index is 0.286. The normalized spacial score (nSPS) is 19.3. The molecule has 0 unspecified atom stereocenters. The first kappa shape index (κ1) is 17.6. The van der Waals surface area contributed by atoms with Crippen molar-refractivity contribution < 1.29 is 4.79 Å². The Bertz CT molecular complexity index is 773. The van der Waals surface area contributed by atoms with Gasteiger partial charge in [0.2, 0.25) is 5.91 Å². The Kier molecular flexibility index (Phi) is 5.00. The lowest BCUT2D eigenvalue weighted by molar-refractivity contribution is -0.134. The van der Waals surface area contributed by atoms with Crippen molar-refractivity contribution in [3.05, 3.63) is 35.5 Å². The first-order chi connectivity index (χ1) is 12.6. The number of aromatic amines is 1. The summed E-state index contributed by atoms with van der Waals surface area (Å²) in [7, 11) is 0. The molecule has 2 aliphatic heterocycles. The number of aromatic nitrogens is 1. The maximum atomic E-state index is 12.7. The van der Waals surface area contributed by atoms with Gasteiger partial charge in [-0.25, -0.2) is 0 Å². The first-order valence-electron chi connectivity index (χ1n) is 9.91. The molecule has 1 saturated heterocycles. The number of hydrogen-bond acceptors (Lipinski definition) is 3. The monoisotopic (exact) mass is 354 g/mol. The number of benzene rings is 1. The highest BCUT2D eigenvalue weighted by Gasteiger charge is 2.26. The molecule has 0 radical (unpaired) electrons. The fraction of sp³-hybridized carbons (Fsp3) is 0.571. The molecule has 5 heteroatoms. The van der Waals surface area contributed by atoms with E-state index in [0.717, 1.165) is 52.2 Å². The number of para-hydroxylation sites is 1. The second-order valence-corrected chi connectivity index (χ2v) is 8.16. The van der Waals surface area contributed by atoms with Crippen LogP contribution in [0.2, 0.25) is 0 Å². The maximum Gasteiger partial charge on any atom is 0.236 e. The van der Waals surface area contributed by atoms with E-state index < -0.39 is 0 Å². The van der Waals surface area contributed by atoms with E-state index in [-0.39, 0.29) is 5.91 Å². The van der Waals surface area contributed by atoms with Gasteiger partial charge in [-0.3, -0.25) is 14.6 Å². The van der Waals surface area contributed by atoms with Crippen LogP contribution in [0.15, 0.2) is 24.3 Å². The number of amides is 1. The van der Waals surface area contributed by atoms with E-state index in [0.29, 0.717) is 12.5 Å². The Morgan fingerprint density at radius 1 is 1.08 bits per heavy atom. The van der Waals surface area contributed by atoms with Gasteiger partial charge in [0.1, 0.15) is 0 Å². The number of rotatable bonds is 4. The quantitative estimate of drug-likeness (QED) is 0.916. The third-order valence-corrected chi connectivity index (χ3v) is 5.67. The maximum absolute atomic E-state index is 12.7. The van der Waals surface area contributed by atoms with Crippen LogP contribution in [0.4, 0.5) is 0 Å². The van der Waals surface area contributed by atoms with Crippen LogP contribution in [-0.4, -0.2) is 71.4 Å². The summed E-state index contributed by atoms with van der Waals surface area (Å²) in [4.78, 5) is 23.1. The summed E-state index contributed by atoms with van der Waals surface area (Å²) >= 11 is 0. The van der Waals surface area contributed by atoms with Crippen LogP contribution in [0.5, 0.6) is 0 Å². The van der Waals surface area contributed by atoms with Crippen LogP contribution in [0.3, 0.4) is 0 Å². The van der Waals surface area contributed by atoms with Crippen molar-refractivity contribution in [3.8, 4) is 0 Å². The van der Waals surface area contributed by atoms with E-state index >= 15 is 0 Å². The summed E-state index contributed by atoms with van der Waals surface area (Å²) < 4.78 is 0. The number of hydrogen-bond donors (Lipinski definition) is 1. The van der Waals surface area contributed by atoms with Crippen LogP contribution in [0.1, 0.15) is 25.1 Å². The Morgan fingerprint density at radius 2 is 1.85 bits per heavy atom. The van der Waals surface area contributed by atoms with E-state index in [2.05, 4.69) is 57.8 Å². The highest BCUT2D eigenvalue weighted by molar-refractivity contribution is 5.85. The largest absolute Gasteiger partial charge is 0.357 e. The van der Waals surface area contributed by atoms with Gasteiger partial charge in [0.05, 0.1) is 6.54 Å². The Balaban J connectivity index is 1.33. The molecule has 4 rings (SSSR count). The minimum Gasteiger partial charge on any atom is -0.357 e. The lowest BCUT2D eigenvalue weighted by Crippen LogP contribution is -2.52. The molecule has 0 atom stereocenters. The molecule has 3 heterocycles. The molecule has 1 aromatic carbocycles. The van der Waals surface area contributed by atoms with E-state index in [1.54, 1.807) is 0 Å². The summed E-state index contributed by atoms with van der Waals surface area (Å²) in [5.41, 5.74) is 3.94. The number of fused-ring (bicyclic) bond motifs is 3. The zero-order valence-electron chi connectivity index (χ0n) is 16.0. The van der Waals surface area contributed by atoms with E-state index in [1.807, 2.05) is 0 Å². The van der Waals surface area contributed by atoms with Gasteiger partial charge in [-0.1, -0.05) is 32.0 Å². The molecule has 0 spiro atoms. The molecule has 5 nitrogen and oxygen atoms in total. The number of nitrogens with zero attached hydrogens (tertiary/aromatic N) is 3. The first-order valence-corrected chi connectivity index (χ1v) is 9.91. The third-order valence-electron chi connectivity index (χ3n) is 5.67. The predicted molar refractivity (Wildman–Crippen MR) is 105 cm³/mol. The lowest BCUT2D eigenvalue weighted by Gasteiger charge is -2.37. The van der Waals surface area contributed by atoms with Gasteiger partial charge >= 0.3 is 0 Å². The molecular weight excluding hydrogens is 324 g/mol. The van der Waals surface area contributed by atoms with Crippen LogP contribution in [-0.2, 0) is 17.8 Å². The van der Waals surface area contributed by atoms with Crippen molar-refractivity contribution >= 4 is 16.8 Å². The van der Waals surface area contributed by atoms with Crippen molar-refractivity contribution in [2.45, 2.75) is 26.8 Å². The van der Waals surface area contributed by atoms with E-state index in [1.165, 1.54) is 22.2 Å². The average Bonchev–Trinajstić information content (AvgIpc) is 2.99. The van der Waals surface area contributed by atoms with Crippen molar-refractivity contribution in [1.82, 2.24) is 19.7 Å². The summed E-state index contributed by atoms with van der Waals surface area (Å²) in [6.07, 6.45) is 1.02.